The number of nitrogens with zero attached hydrogens (tertiary/aromatic N) is 2. The van der Waals surface area contributed by atoms with E-state index in [1.165, 1.54) is 50.4 Å². The molecule has 168 valence electrons. The Labute approximate surface area is 190 Å². The number of benzene rings is 2. The molecule has 2 rings (SSSR count). The van der Waals surface area contributed by atoms with Crippen molar-refractivity contribution >= 4 is 50.7 Å². The fourth-order valence-corrected chi connectivity index (χ4v) is 3.99. The van der Waals surface area contributed by atoms with E-state index < -0.39 is 40.2 Å². The van der Waals surface area contributed by atoms with Gasteiger partial charge in [0.25, 0.3) is 0 Å². The molecular formula is C20H22Cl2FN3O4S. The monoisotopic (exact) mass is 489 g/mol. The molecule has 0 aromatic heterocycles. The van der Waals surface area contributed by atoms with E-state index in [0.29, 0.717) is 0 Å². The second-order valence-electron chi connectivity index (χ2n) is 6.77. The van der Waals surface area contributed by atoms with Gasteiger partial charge in [-0.3, -0.25) is 13.9 Å². The molecule has 11 heteroatoms. The Balaban J connectivity index is 2.42. The molecule has 2 amide bonds. The zero-order chi connectivity index (χ0) is 23.3. The van der Waals surface area contributed by atoms with Crippen LogP contribution >= 0.6 is 23.2 Å². The Hall–Kier alpha value is -2.36. The number of carbonyl (C=O) groups is 2. The van der Waals surface area contributed by atoms with Crippen LogP contribution in [-0.2, 0) is 26.2 Å². The zero-order valence-electron chi connectivity index (χ0n) is 17.1. The molecule has 0 aliphatic heterocycles. The van der Waals surface area contributed by atoms with Crippen molar-refractivity contribution in [3.05, 3.63) is 63.9 Å². The van der Waals surface area contributed by atoms with Gasteiger partial charge < -0.3 is 10.2 Å². The van der Waals surface area contributed by atoms with E-state index in [-0.39, 0.29) is 27.8 Å². The number of anilines is 1. The third kappa shape index (κ3) is 6.32. The lowest BCUT2D eigenvalue weighted by Crippen LogP contribution is -2.50. The molecular weight excluding hydrogens is 468 g/mol. The van der Waals surface area contributed by atoms with Crippen LogP contribution in [0.1, 0.15) is 12.5 Å². The molecule has 1 atom stereocenters. The van der Waals surface area contributed by atoms with E-state index in [4.69, 9.17) is 23.2 Å². The van der Waals surface area contributed by atoms with Crippen molar-refractivity contribution in [1.29, 1.82) is 0 Å². The first-order valence-electron chi connectivity index (χ1n) is 9.13. The Kier molecular flexibility index (Phi) is 8.27. The minimum Gasteiger partial charge on any atom is -0.357 e. The van der Waals surface area contributed by atoms with Gasteiger partial charge in [-0.25, -0.2) is 12.8 Å². The molecule has 7 nitrogen and oxygen atoms in total. The third-order valence-electron chi connectivity index (χ3n) is 4.58. The molecule has 1 N–H and O–H groups in total. The highest BCUT2D eigenvalue weighted by molar-refractivity contribution is 7.92. The standard InChI is InChI=1S/C20H22Cl2FN3O4S/c1-13(20(28)24-2)25(11-14-6-4-5-7-18(14)23)19(27)12-26(31(3,29)30)15-8-9-16(21)17(22)10-15/h4-10,13H,11-12H2,1-3H3,(H,24,28)/t13-/m1/s1. The summed E-state index contributed by atoms with van der Waals surface area (Å²) in [4.78, 5) is 26.5. The molecule has 2 aromatic carbocycles. The summed E-state index contributed by atoms with van der Waals surface area (Å²) in [6.45, 7) is 0.632. The van der Waals surface area contributed by atoms with Crippen LogP contribution in [0.5, 0.6) is 0 Å². The van der Waals surface area contributed by atoms with Gasteiger partial charge in [0.15, 0.2) is 0 Å². The van der Waals surface area contributed by atoms with E-state index in [9.17, 15) is 22.4 Å². The van der Waals surface area contributed by atoms with Gasteiger partial charge in [0.2, 0.25) is 21.8 Å². The van der Waals surface area contributed by atoms with Crippen LogP contribution in [0.25, 0.3) is 0 Å². The minimum atomic E-state index is -3.90. The molecule has 0 aliphatic rings. The first-order valence-corrected chi connectivity index (χ1v) is 11.7. The average molecular weight is 490 g/mol. The fourth-order valence-electron chi connectivity index (χ4n) is 2.86. The Morgan fingerprint density at radius 2 is 1.77 bits per heavy atom. The SMILES string of the molecule is CNC(=O)[C@@H](C)N(Cc1ccccc1F)C(=O)CN(c1ccc(Cl)c(Cl)c1)S(C)(=O)=O. The smallest absolute Gasteiger partial charge is 0.244 e. The lowest BCUT2D eigenvalue weighted by Gasteiger charge is -2.31. The van der Waals surface area contributed by atoms with Gasteiger partial charge >= 0.3 is 0 Å². The van der Waals surface area contributed by atoms with Crippen molar-refractivity contribution in [2.75, 3.05) is 24.2 Å². The van der Waals surface area contributed by atoms with Crippen LogP contribution in [0.3, 0.4) is 0 Å². The first-order chi connectivity index (χ1) is 14.5. The molecule has 0 saturated heterocycles. The van der Waals surface area contributed by atoms with Gasteiger partial charge in [-0.1, -0.05) is 41.4 Å². The number of nitrogens with one attached hydrogen (secondary N) is 1. The number of hydrogen-bond donors (Lipinski definition) is 1. The number of sulfonamides is 1. The first kappa shape index (κ1) is 24.9. The predicted molar refractivity (Wildman–Crippen MR) is 119 cm³/mol. The highest BCUT2D eigenvalue weighted by Gasteiger charge is 2.30. The molecule has 0 unspecified atom stereocenters. The van der Waals surface area contributed by atoms with E-state index >= 15 is 0 Å². The molecule has 0 aliphatic carbocycles. The summed E-state index contributed by atoms with van der Waals surface area (Å²) in [5.41, 5.74) is 0.315. The van der Waals surface area contributed by atoms with Crippen molar-refractivity contribution in [3.63, 3.8) is 0 Å². The molecule has 0 fully saturated rings. The topological polar surface area (TPSA) is 86.8 Å². The van der Waals surface area contributed by atoms with Gasteiger partial charge in [-0.15, -0.1) is 0 Å². The lowest BCUT2D eigenvalue weighted by atomic mass is 10.1. The minimum absolute atomic E-state index is 0.113. The van der Waals surface area contributed by atoms with E-state index in [1.54, 1.807) is 6.07 Å². The molecule has 31 heavy (non-hydrogen) atoms. The highest BCUT2D eigenvalue weighted by Crippen LogP contribution is 2.28. The molecule has 0 bridgehead atoms. The fraction of sp³-hybridized carbons (Fsp3) is 0.300. The van der Waals surface area contributed by atoms with Gasteiger partial charge in [0.1, 0.15) is 18.4 Å². The largest absolute Gasteiger partial charge is 0.357 e. The second kappa shape index (κ2) is 10.3. The van der Waals surface area contributed by atoms with Crippen LogP contribution in [0.4, 0.5) is 10.1 Å². The molecule has 2 aromatic rings. The Morgan fingerprint density at radius 1 is 1.13 bits per heavy atom. The van der Waals surface area contributed by atoms with Gasteiger partial charge in [-0.05, 0) is 31.2 Å². The summed E-state index contributed by atoms with van der Waals surface area (Å²) in [6.07, 6.45) is 0.937. The van der Waals surface area contributed by atoms with Crippen molar-refractivity contribution < 1.29 is 22.4 Å². The Bertz CT molecular complexity index is 1080. The van der Waals surface area contributed by atoms with Gasteiger partial charge in [-0.2, -0.15) is 0 Å². The summed E-state index contributed by atoms with van der Waals surface area (Å²) in [5.74, 6) is -1.73. The van der Waals surface area contributed by atoms with E-state index in [2.05, 4.69) is 5.32 Å². The number of likely N-dealkylation sites (N-methyl/N-ethyl adjacent to an activating group) is 1. The van der Waals surface area contributed by atoms with Crippen molar-refractivity contribution in [3.8, 4) is 0 Å². The van der Waals surface area contributed by atoms with Crippen LogP contribution in [-0.4, -0.2) is 51.0 Å². The summed E-state index contributed by atoms with van der Waals surface area (Å²) >= 11 is 11.9. The van der Waals surface area contributed by atoms with Crippen LogP contribution in [0, 0.1) is 5.82 Å². The maximum absolute atomic E-state index is 14.2. The number of amides is 2. The zero-order valence-corrected chi connectivity index (χ0v) is 19.4. The molecule has 0 radical (unpaired) electrons. The van der Waals surface area contributed by atoms with Crippen molar-refractivity contribution in [2.24, 2.45) is 0 Å². The average Bonchev–Trinajstić information content (AvgIpc) is 2.71. The van der Waals surface area contributed by atoms with Crippen molar-refractivity contribution in [1.82, 2.24) is 10.2 Å². The summed E-state index contributed by atoms with van der Waals surface area (Å²) in [7, 11) is -2.49. The normalized spacial score (nSPS) is 12.2. The quantitative estimate of drug-likeness (QED) is 0.617. The van der Waals surface area contributed by atoms with E-state index in [0.717, 1.165) is 15.5 Å². The molecule has 0 spiro atoms. The molecule has 0 saturated carbocycles. The maximum atomic E-state index is 14.2. The highest BCUT2D eigenvalue weighted by atomic mass is 35.5. The van der Waals surface area contributed by atoms with E-state index in [1.807, 2.05) is 0 Å². The summed E-state index contributed by atoms with van der Waals surface area (Å²) in [6, 6.07) is 8.99. The predicted octanol–water partition coefficient (Wildman–Crippen LogP) is 3.06. The maximum Gasteiger partial charge on any atom is 0.244 e. The number of hydrogen-bond acceptors (Lipinski definition) is 4. The van der Waals surface area contributed by atoms with Crippen LogP contribution in [0.15, 0.2) is 42.5 Å². The Morgan fingerprint density at radius 3 is 2.32 bits per heavy atom. The third-order valence-corrected chi connectivity index (χ3v) is 6.46. The van der Waals surface area contributed by atoms with Crippen LogP contribution in [0.2, 0.25) is 10.0 Å². The van der Waals surface area contributed by atoms with Crippen molar-refractivity contribution in [2.45, 2.75) is 19.5 Å². The molecule has 0 heterocycles. The number of carbonyl (C=O) groups excluding carboxylic acids is 2. The van der Waals surface area contributed by atoms with Gasteiger partial charge in [0.05, 0.1) is 22.0 Å². The van der Waals surface area contributed by atoms with Gasteiger partial charge in [0, 0.05) is 19.2 Å². The lowest BCUT2D eigenvalue weighted by molar-refractivity contribution is -0.139. The van der Waals surface area contributed by atoms with Crippen LogP contribution < -0.4 is 9.62 Å². The second-order valence-corrected chi connectivity index (χ2v) is 9.49. The summed E-state index contributed by atoms with van der Waals surface area (Å²) in [5, 5.41) is 2.77. The number of halogens is 3. The number of rotatable bonds is 8. The summed E-state index contributed by atoms with van der Waals surface area (Å²) < 4.78 is 39.8.